The predicted molar refractivity (Wildman–Crippen MR) is 106 cm³/mol. The van der Waals surface area contributed by atoms with Crippen molar-refractivity contribution in [2.24, 2.45) is 5.10 Å². The second-order valence-corrected chi connectivity index (χ2v) is 6.51. The van der Waals surface area contributed by atoms with Crippen LogP contribution in [0.3, 0.4) is 0 Å². The van der Waals surface area contributed by atoms with E-state index >= 15 is 0 Å². The molecule has 0 aliphatic heterocycles. The number of benzene rings is 2. The third-order valence-electron chi connectivity index (χ3n) is 3.80. The number of nitro benzene ring substituents is 1. The molecule has 134 valence electrons. The second kappa shape index (κ2) is 7.04. The molecule has 0 atom stereocenters. The van der Waals surface area contributed by atoms with Crippen LogP contribution < -0.4 is 5.43 Å². The number of fused-ring (bicyclic) bond motifs is 1. The molecule has 2 heterocycles. The third kappa shape index (κ3) is 3.58. The number of nitro groups is 1. The summed E-state index contributed by atoms with van der Waals surface area (Å²) in [5, 5.41) is 15.3. The number of aromatic amines is 1. The van der Waals surface area contributed by atoms with Crippen molar-refractivity contribution < 1.29 is 9.34 Å². The van der Waals surface area contributed by atoms with Crippen LogP contribution in [0.1, 0.15) is 5.76 Å². The number of H-pyrrole nitrogens is 1. The summed E-state index contributed by atoms with van der Waals surface area (Å²) in [6.45, 7) is 0. The van der Waals surface area contributed by atoms with Crippen LogP contribution in [0.15, 0.2) is 68.6 Å². The van der Waals surface area contributed by atoms with Crippen LogP contribution in [0.25, 0.3) is 22.4 Å². The van der Waals surface area contributed by atoms with Crippen molar-refractivity contribution >= 4 is 44.8 Å². The Hall–Kier alpha value is -3.46. The molecule has 0 fully saturated rings. The Kier molecular flexibility index (Phi) is 4.43. The van der Waals surface area contributed by atoms with Crippen LogP contribution in [0.5, 0.6) is 0 Å². The Morgan fingerprint density at radius 2 is 2.07 bits per heavy atom. The lowest BCUT2D eigenvalue weighted by Crippen LogP contribution is -1.92. The zero-order valence-electron chi connectivity index (χ0n) is 13.7. The summed E-state index contributed by atoms with van der Waals surface area (Å²) >= 11 is 3.24. The van der Waals surface area contributed by atoms with Crippen molar-refractivity contribution in [1.82, 2.24) is 9.97 Å². The molecule has 2 aromatic heterocycles. The number of hydrazone groups is 1. The van der Waals surface area contributed by atoms with Gasteiger partial charge in [-0.3, -0.25) is 10.1 Å². The largest absolute Gasteiger partial charge is 0.455 e. The second-order valence-electron chi connectivity index (χ2n) is 5.59. The van der Waals surface area contributed by atoms with Crippen molar-refractivity contribution in [3.05, 3.63) is 74.9 Å². The van der Waals surface area contributed by atoms with Gasteiger partial charge in [-0.2, -0.15) is 5.10 Å². The van der Waals surface area contributed by atoms with Gasteiger partial charge in [0.05, 0.1) is 27.7 Å². The van der Waals surface area contributed by atoms with E-state index in [1.807, 2.05) is 24.3 Å². The van der Waals surface area contributed by atoms with Gasteiger partial charge >= 0.3 is 0 Å². The Bertz CT molecular complexity index is 1130. The van der Waals surface area contributed by atoms with E-state index < -0.39 is 4.92 Å². The number of aromatic nitrogens is 2. The molecule has 0 spiro atoms. The minimum Gasteiger partial charge on any atom is -0.455 e. The van der Waals surface area contributed by atoms with Gasteiger partial charge in [0.1, 0.15) is 11.5 Å². The number of imidazole rings is 1. The van der Waals surface area contributed by atoms with Gasteiger partial charge in [-0.15, -0.1) is 0 Å². The van der Waals surface area contributed by atoms with E-state index in [0.717, 1.165) is 11.0 Å². The molecular weight excluding hydrogens is 414 g/mol. The summed E-state index contributed by atoms with van der Waals surface area (Å²) in [4.78, 5) is 18.2. The van der Waals surface area contributed by atoms with Gasteiger partial charge in [0, 0.05) is 10.5 Å². The first-order valence-corrected chi connectivity index (χ1v) is 8.67. The van der Waals surface area contributed by atoms with Crippen LogP contribution in [0.2, 0.25) is 0 Å². The molecule has 0 saturated carbocycles. The molecule has 0 aliphatic carbocycles. The van der Waals surface area contributed by atoms with Crippen LogP contribution in [-0.4, -0.2) is 21.1 Å². The average Bonchev–Trinajstić information content (AvgIpc) is 3.28. The Morgan fingerprint density at radius 3 is 2.89 bits per heavy atom. The van der Waals surface area contributed by atoms with E-state index in [1.54, 1.807) is 24.3 Å². The van der Waals surface area contributed by atoms with Crippen molar-refractivity contribution in [3.63, 3.8) is 0 Å². The third-order valence-corrected chi connectivity index (χ3v) is 4.29. The summed E-state index contributed by atoms with van der Waals surface area (Å²) in [5.74, 6) is 1.34. The van der Waals surface area contributed by atoms with E-state index in [9.17, 15) is 10.1 Å². The monoisotopic (exact) mass is 425 g/mol. The molecule has 8 nitrogen and oxygen atoms in total. The predicted octanol–water partition coefficient (Wildman–Crippen LogP) is 4.94. The maximum atomic E-state index is 11.3. The highest BCUT2D eigenvalue weighted by atomic mass is 79.9. The quantitative estimate of drug-likeness (QED) is 0.267. The molecule has 0 aliphatic rings. The summed E-state index contributed by atoms with van der Waals surface area (Å²) in [6, 6.07) is 15.8. The van der Waals surface area contributed by atoms with Gasteiger partial charge in [-0.25, -0.2) is 10.4 Å². The normalized spacial score (nSPS) is 11.3. The highest BCUT2D eigenvalue weighted by Crippen LogP contribution is 2.33. The van der Waals surface area contributed by atoms with E-state index in [4.69, 9.17) is 4.42 Å². The lowest BCUT2D eigenvalue weighted by molar-refractivity contribution is -0.384. The van der Waals surface area contributed by atoms with Gasteiger partial charge < -0.3 is 9.40 Å². The van der Waals surface area contributed by atoms with Gasteiger partial charge in [0.2, 0.25) is 5.95 Å². The lowest BCUT2D eigenvalue weighted by atomic mass is 10.1. The first-order chi connectivity index (χ1) is 13.1. The van der Waals surface area contributed by atoms with Crippen LogP contribution in [0, 0.1) is 10.1 Å². The van der Waals surface area contributed by atoms with E-state index in [-0.39, 0.29) is 5.69 Å². The smallest absolute Gasteiger partial charge is 0.281 e. The number of furan rings is 1. The minimum absolute atomic E-state index is 0.0392. The molecule has 9 heteroatoms. The zero-order valence-corrected chi connectivity index (χ0v) is 15.3. The van der Waals surface area contributed by atoms with Crippen molar-refractivity contribution in [1.29, 1.82) is 0 Å². The number of para-hydroxylation sites is 2. The first-order valence-electron chi connectivity index (χ1n) is 7.88. The standard InChI is InChI=1S/C18H12BrN5O3/c19-11-5-7-13(16(9-11)24(25)26)17-8-6-12(27-17)10-20-23-18-21-14-3-1-2-4-15(14)22-18/h1-10H,(H2,21,22,23)/b20-10+. The van der Waals surface area contributed by atoms with Gasteiger partial charge in [-0.1, -0.05) is 28.1 Å². The van der Waals surface area contributed by atoms with Gasteiger partial charge in [0.15, 0.2) is 0 Å². The Balaban J connectivity index is 1.53. The van der Waals surface area contributed by atoms with Crippen molar-refractivity contribution in [3.8, 4) is 11.3 Å². The van der Waals surface area contributed by atoms with E-state index in [2.05, 4.69) is 36.4 Å². The number of hydrogen-bond acceptors (Lipinski definition) is 6. The zero-order chi connectivity index (χ0) is 18.8. The fourth-order valence-electron chi connectivity index (χ4n) is 2.59. The molecular formula is C18H12BrN5O3. The molecule has 0 amide bonds. The highest BCUT2D eigenvalue weighted by molar-refractivity contribution is 9.10. The van der Waals surface area contributed by atoms with Crippen molar-refractivity contribution in [2.45, 2.75) is 0 Å². The van der Waals surface area contributed by atoms with Gasteiger partial charge in [-0.05, 0) is 36.4 Å². The molecule has 4 aromatic rings. The minimum atomic E-state index is -0.445. The fraction of sp³-hybridized carbons (Fsp3) is 0. The summed E-state index contributed by atoms with van der Waals surface area (Å²) in [6.07, 6.45) is 1.47. The highest BCUT2D eigenvalue weighted by Gasteiger charge is 2.18. The SMILES string of the molecule is O=[N+]([O-])c1cc(Br)ccc1-c1ccc(/C=N/Nc2nc3ccccc3[nH]2)o1. The maximum Gasteiger partial charge on any atom is 0.281 e. The first kappa shape index (κ1) is 17.0. The van der Waals surface area contributed by atoms with E-state index in [0.29, 0.717) is 27.5 Å². The van der Waals surface area contributed by atoms with Crippen LogP contribution in [-0.2, 0) is 0 Å². The number of hydrogen-bond donors (Lipinski definition) is 2. The van der Waals surface area contributed by atoms with E-state index in [1.165, 1.54) is 12.3 Å². The lowest BCUT2D eigenvalue weighted by Gasteiger charge is -2.00. The molecule has 2 aromatic carbocycles. The number of rotatable bonds is 5. The number of nitrogens with one attached hydrogen (secondary N) is 2. The maximum absolute atomic E-state index is 11.3. The summed E-state index contributed by atoms with van der Waals surface area (Å²) in [7, 11) is 0. The number of halogens is 1. The Morgan fingerprint density at radius 1 is 1.22 bits per heavy atom. The molecule has 0 saturated heterocycles. The topological polar surface area (TPSA) is 109 Å². The van der Waals surface area contributed by atoms with Crippen LogP contribution >= 0.6 is 15.9 Å². The summed E-state index contributed by atoms with van der Waals surface area (Å²) in [5.41, 5.74) is 4.89. The number of anilines is 1. The average molecular weight is 426 g/mol. The summed E-state index contributed by atoms with van der Waals surface area (Å²) < 4.78 is 6.28. The molecule has 4 rings (SSSR count). The van der Waals surface area contributed by atoms with Gasteiger partial charge in [0.25, 0.3) is 5.69 Å². The molecule has 0 radical (unpaired) electrons. The Labute approximate surface area is 161 Å². The fourth-order valence-corrected chi connectivity index (χ4v) is 2.94. The van der Waals surface area contributed by atoms with Crippen molar-refractivity contribution in [2.75, 3.05) is 5.43 Å². The molecule has 27 heavy (non-hydrogen) atoms. The molecule has 0 unspecified atom stereocenters. The number of nitrogens with zero attached hydrogens (tertiary/aromatic N) is 3. The molecule has 2 N–H and O–H groups in total. The molecule has 0 bridgehead atoms. The van der Waals surface area contributed by atoms with Crippen LogP contribution in [0.4, 0.5) is 11.6 Å².